The van der Waals surface area contributed by atoms with Crippen LogP contribution in [0.2, 0.25) is 0 Å². The zero-order valence-electron chi connectivity index (χ0n) is 19.1. The molecule has 8 nitrogen and oxygen atoms in total. The van der Waals surface area contributed by atoms with Crippen LogP contribution in [0.1, 0.15) is 43.2 Å². The van der Waals surface area contributed by atoms with Crippen LogP contribution in [0, 0.1) is 17.6 Å². The molecule has 0 radical (unpaired) electrons. The van der Waals surface area contributed by atoms with Gasteiger partial charge in [-0.15, -0.1) is 0 Å². The molecular weight excluding hydrogens is 460 g/mol. The number of nitrogens with zero attached hydrogens (tertiary/aromatic N) is 1. The Morgan fingerprint density at radius 3 is 2.31 bits per heavy atom. The fourth-order valence-corrected chi connectivity index (χ4v) is 4.57. The maximum Gasteiger partial charge on any atom is 0.410 e. The van der Waals surface area contributed by atoms with Gasteiger partial charge in [0.25, 0.3) is 0 Å². The monoisotopic (exact) mass is 487 g/mol. The highest BCUT2D eigenvalue weighted by Gasteiger charge is 2.28. The van der Waals surface area contributed by atoms with Crippen LogP contribution in [-0.4, -0.2) is 40.7 Å². The van der Waals surface area contributed by atoms with Crippen LogP contribution in [0.5, 0.6) is 0 Å². The number of carboxylic acids is 1. The van der Waals surface area contributed by atoms with Gasteiger partial charge in [0.2, 0.25) is 0 Å². The molecule has 0 unspecified atom stereocenters. The first-order valence-corrected chi connectivity index (χ1v) is 11.6. The molecule has 2 aliphatic rings. The van der Waals surface area contributed by atoms with Gasteiger partial charge in [0.05, 0.1) is 0 Å². The number of urea groups is 1. The molecule has 35 heavy (non-hydrogen) atoms. The van der Waals surface area contributed by atoms with Crippen molar-refractivity contribution in [3.63, 3.8) is 0 Å². The molecule has 2 aromatic rings. The fourth-order valence-electron chi connectivity index (χ4n) is 4.57. The first kappa shape index (κ1) is 24.4. The number of hydrogen-bond donors (Lipinski definition) is 3. The Labute approximate surface area is 201 Å². The number of hydrogen-bond acceptors (Lipinski definition) is 4. The van der Waals surface area contributed by atoms with Gasteiger partial charge < -0.3 is 25.4 Å². The lowest BCUT2D eigenvalue weighted by Crippen LogP contribution is -2.39. The maximum atomic E-state index is 13.3. The molecule has 1 aliphatic carbocycles. The van der Waals surface area contributed by atoms with Crippen LogP contribution in [0.15, 0.2) is 36.4 Å². The lowest BCUT2D eigenvalue weighted by Gasteiger charge is -2.32. The van der Waals surface area contributed by atoms with Crippen molar-refractivity contribution >= 4 is 29.5 Å². The zero-order chi connectivity index (χ0) is 24.9. The van der Waals surface area contributed by atoms with Gasteiger partial charge in [-0.2, -0.15) is 0 Å². The molecule has 1 aliphatic heterocycles. The summed E-state index contributed by atoms with van der Waals surface area (Å²) >= 11 is 0. The van der Waals surface area contributed by atoms with Crippen LogP contribution >= 0.6 is 0 Å². The van der Waals surface area contributed by atoms with Gasteiger partial charge >= 0.3 is 18.1 Å². The number of benzene rings is 2. The number of carbonyl (C=O) groups excluding carboxylic acids is 2. The molecule has 3 amide bonds. The van der Waals surface area contributed by atoms with Gasteiger partial charge in [0, 0.05) is 37.0 Å². The Morgan fingerprint density at radius 1 is 0.943 bits per heavy atom. The van der Waals surface area contributed by atoms with Crippen LogP contribution < -0.4 is 10.6 Å². The Balaban J connectivity index is 1.27. The Bertz CT molecular complexity index is 1120. The van der Waals surface area contributed by atoms with E-state index in [2.05, 4.69) is 10.6 Å². The third-order valence-corrected chi connectivity index (χ3v) is 6.44. The average Bonchev–Trinajstić information content (AvgIpc) is 2.82. The van der Waals surface area contributed by atoms with Crippen molar-refractivity contribution in [1.29, 1.82) is 0 Å². The van der Waals surface area contributed by atoms with Crippen molar-refractivity contribution in [1.82, 2.24) is 4.90 Å². The van der Waals surface area contributed by atoms with Gasteiger partial charge in [-0.25, -0.2) is 18.4 Å². The standard InChI is InChI=1S/C25H27F2N3O5/c26-21-8-5-19(13-22(21)27)29-24(33)28-18-4-3-17-14-30(10-9-16(17)12-18)25(34)35-20-6-1-15(2-7-20)11-23(31)32/h3-5,8,12-13,15,20H,1-2,6-7,9-11,14H2,(H,31,32)(H2,28,29,33)/t15-,20-. The van der Waals surface area contributed by atoms with Gasteiger partial charge in [0.1, 0.15) is 6.10 Å². The molecule has 2 aromatic carbocycles. The summed E-state index contributed by atoms with van der Waals surface area (Å²) < 4.78 is 32.0. The van der Waals surface area contributed by atoms with E-state index in [1.807, 2.05) is 12.1 Å². The molecule has 1 saturated carbocycles. The largest absolute Gasteiger partial charge is 0.481 e. The van der Waals surface area contributed by atoms with Crippen molar-refractivity contribution < 1.29 is 33.0 Å². The Hall–Kier alpha value is -3.69. The maximum absolute atomic E-state index is 13.3. The molecule has 0 saturated heterocycles. The molecule has 1 fully saturated rings. The molecule has 0 aromatic heterocycles. The first-order chi connectivity index (χ1) is 16.8. The predicted molar refractivity (Wildman–Crippen MR) is 124 cm³/mol. The minimum Gasteiger partial charge on any atom is -0.481 e. The summed E-state index contributed by atoms with van der Waals surface area (Å²) in [5.41, 5.74) is 2.61. The summed E-state index contributed by atoms with van der Waals surface area (Å²) in [4.78, 5) is 37.4. The molecule has 186 valence electrons. The highest BCUT2D eigenvalue weighted by molar-refractivity contribution is 5.99. The number of anilines is 2. The van der Waals surface area contributed by atoms with Crippen LogP contribution in [-0.2, 0) is 22.5 Å². The van der Waals surface area contributed by atoms with E-state index in [1.54, 1.807) is 11.0 Å². The summed E-state index contributed by atoms with van der Waals surface area (Å²) in [6.07, 6.45) is 3.03. The zero-order valence-corrected chi connectivity index (χ0v) is 19.1. The van der Waals surface area contributed by atoms with E-state index in [0.29, 0.717) is 38.0 Å². The fraction of sp³-hybridized carbons (Fsp3) is 0.400. The van der Waals surface area contributed by atoms with Crippen molar-refractivity contribution in [3.8, 4) is 0 Å². The smallest absolute Gasteiger partial charge is 0.410 e. The molecule has 0 bridgehead atoms. The van der Waals surface area contributed by atoms with E-state index in [9.17, 15) is 23.2 Å². The number of amides is 3. The first-order valence-electron chi connectivity index (χ1n) is 11.6. The summed E-state index contributed by atoms with van der Waals surface area (Å²) in [6.45, 7) is 0.870. The van der Waals surface area contributed by atoms with Crippen LogP contribution in [0.3, 0.4) is 0 Å². The van der Waals surface area contributed by atoms with Gasteiger partial charge in [-0.05, 0) is 73.4 Å². The summed E-state index contributed by atoms with van der Waals surface area (Å²) in [5.74, 6) is -2.69. The molecule has 3 N–H and O–H groups in total. The number of carboxylic acid groups (broad SMARTS) is 1. The number of nitrogens with one attached hydrogen (secondary N) is 2. The highest BCUT2D eigenvalue weighted by Crippen LogP contribution is 2.30. The van der Waals surface area contributed by atoms with E-state index < -0.39 is 23.6 Å². The Kier molecular flexibility index (Phi) is 7.48. The number of ether oxygens (including phenoxy) is 1. The summed E-state index contributed by atoms with van der Waals surface area (Å²) in [6, 6.07) is 7.88. The minimum atomic E-state index is -1.05. The third-order valence-electron chi connectivity index (χ3n) is 6.44. The summed E-state index contributed by atoms with van der Waals surface area (Å²) in [5, 5.41) is 14.1. The van der Waals surface area contributed by atoms with Gasteiger partial charge in [-0.3, -0.25) is 4.79 Å². The van der Waals surface area contributed by atoms with Crippen molar-refractivity contribution in [2.24, 2.45) is 5.92 Å². The topological polar surface area (TPSA) is 108 Å². The SMILES string of the molecule is O=C(O)C[C@H]1CC[C@H](OC(=O)N2CCc3cc(NC(=O)Nc4ccc(F)c(F)c4)ccc3C2)CC1. The third kappa shape index (κ3) is 6.46. The minimum absolute atomic E-state index is 0.129. The quantitative estimate of drug-likeness (QED) is 0.542. The van der Waals surface area contributed by atoms with Crippen LogP contribution in [0.4, 0.5) is 29.7 Å². The van der Waals surface area contributed by atoms with Crippen molar-refractivity contribution in [2.45, 2.75) is 51.2 Å². The summed E-state index contributed by atoms with van der Waals surface area (Å²) in [7, 11) is 0. The molecule has 1 heterocycles. The second kappa shape index (κ2) is 10.7. The van der Waals surface area contributed by atoms with E-state index in [0.717, 1.165) is 36.1 Å². The van der Waals surface area contributed by atoms with E-state index in [-0.39, 0.29) is 30.2 Å². The van der Waals surface area contributed by atoms with E-state index >= 15 is 0 Å². The number of halogens is 2. The van der Waals surface area contributed by atoms with E-state index in [4.69, 9.17) is 9.84 Å². The van der Waals surface area contributed by atoms with Gasteiger partial charge in [-0.1, -0.05) is 6.07 Å². The number of aliphatic carboxylic acids is 1. The molecule has 4 rings (SSSR count). The number of carbonyl (C=O) groups is 3. The lowest BCUT2D eigenvalue weighted by atomic mass is 9.85. The molecule has 10 heteroatoms. The average molecular weight is 488 g/mol. The van der Waals surface area contributed by atoms with Crippen molar-refractivity contribution in [2.75, 3.05) is 17.2 Å². The molecular formula is C25H27F2N3O5. The second-order valence-electron chi connectivity index (χ2n) is 8.99. The molecule has 0 spiro atoms. The van der Waals surface area contributed by atoms with E-state index in [1.165, 1.54) is 6.07 Å². The number of fused-ring (bicyclic) bond motifs is 1. The normalized spacial score (nSPS) is 19.4. The predicted octanol–water partition coefficient (Wildman–Crippen LogP) is 5.14. The molecule has 0 atom stereocenters. The number of rotatable bonds is 5. The van der Waals surface area contributed by atoms with Crippen molar-refractivity contribution in [3.05, 3.63) is 59.2 Å². The highest BCUT2D eigenvalue weighted by atomic mass is 19.2. The van der Waals surface area contributed by atoms with Crippen LogP contribution in [0.25, 0.3) is 0 Å². The lowest BCUT2D eigenvalue weighted by molar-refractivity contribution is -0.138. The Morgan fingerprint density at radius 2 is 1.63 bits per heavy atom. The van der Waals surface area contributed by atoms with Gasteiger partial charge in [0.15, 0.2) is 11.6 Å². The second-order valence-corrected chi connectivity index (χ2v) is 8.99.